The molecule has 7 nitrogen and oxygen atoms in total. The van der Waals surface area contributed by atoms with Crippen LogP contribution in [0.25, 0.3) is 0 Å². The first-order valence-electron chi connectivity index (χ1n) is 11.4. The van der Waals surface area contributed by atoms with E-state index in [0.29, 0.717) is 23.6 Å². The molecule has 3 rings (SSSR count). The molecule has 0 spiro atoms. The topological polar surface area (TPSA) is 105 Å². The fourth-order valence-corrected chi connectivity index (χ4v) is 3.92. The molecule has 8 heteroatoms. The molecule has 0 bridgehead atoms. The Morgan fingerprint density at radius 1 is 1.03 bits per heavy atom. The molecular weight excluding hydrogens is 460 g/mol. The van der Waals surface area contributed by atoms with Crippen LogP contribution in [0.4, 0.5) is 0 Å². The molecule has 186 valence electrons. The number of hydrogen-bond donors (Lipinski definition) is 3. The minimum Gasteiger partial charge on any atom is -0.494 e. The number of ether oxygens (including phenoxy) is 3. The molecular formula is C26H33ClO7. The minimum absolute atomic E-state index is 0.246. The predicted octanol–water partition coefficient (Wildman–Crippen LogP) is 3.44. The van der Waals surface area contributed by atoms with Crippen molar-refractivity contribution < 1.29 is 34.3 Å². The summed E-state index contributed by atoms with van der Waals surface area (Å²) < 4.78 is 16.7. The van der Waals surface area contributed by atoms with E-state index in [1.807, 2.05) is 37.3 Å². The smallest absolute Gasteiger partial charge is 0.311 e. The summed E-state index contributed by atoms with van der Waals surface area (Å²) >= 11 is 6.44. The summed E-state index contributed by atoms with van der Waals surface area (Å²) in [7, 11) is 0. The monoisotopic (exact) mass is 492 g/mol. The number of aliphatic hydroxyl groups excluding tert-OH is 3. The molecule has 0 amide bonds. The second kappa shape index (κ2) is 11.1. The van der Waals surface area contributed by atoms with Gasteiger partial charge in [0.1, 0.15) is 42.9 Å². The van der Waals surface area contributed by atoms with Gasteiger partial charge in [0, 0.05) is 5.02 Å². The summed E-state index contributed by atoms with van der Waals surface area (Å²) in [4.78, 5) is 12.1. The van der Waals surface area contributed by atoms with Crippen LogP contribution >= 0.6 is 11.6 Å². The lowest BCUT2D eigenvalue weighted by atomic mass is 9.90. The molecule has 1 aliphatic rings. The van der Waals surface area contributed by atoms with Crippen LogP contribution in [0, 0.1) is 5.41 Å². The van der Waals surface area contributed by atoms with Crippen molar-refractivity contribution in [2.24, 2.45) is 5.41 Å². The van der Waals surface area contributed by atoms with Gasteiger partial charge in [-0.2, -0.15) is 0 Å². The molecule has 1 saturated heterocycles. The molecule has 5 unspecified atom stereocenters. The Morgan fingerprint density at radius 3 is 2.32 bits per heavy atom. The highest BCUT2D eigenvalue weighted by molar-refractivity contribution is 6.31. The van der Waals surface area contributed by atoms with Gasteiger partial charge >= 0.3 is 5.97 Å². The highest BCUT2D eigenvalue weighted by Gasteiger charge is 2.45. The molecule has 5 atom stereocenters. The molecule has 2 aromatic rings. The van der Waals surface area contributed by atoms with Crippen LogP contribution in [0.3, 0.4) is 0 Å². The van der Waals surface area contributed by atoms with Gasteiger partial charge in [0.25, 0.3) is 0 Å². The fourth-order valence-electron chi connectivity index (χ4n) is 3.74. The van der Waals surface area contributed by atoms with Crippen molar-refractivity contribution >= 4 is 17.6 Å². The van der Waals surface area contributed by atoms with E-state index < -0.39 is 41.9 Å². The number of benzene rings is 2. The average Bonchev–Trinajstić information content (AvgIpc) is 2.79. The third kappa shape index (κ3) is 6.29. The number of aliphatic hydroxyl groups is 3. The SMILES string of the molecule is CCOc1ccc(Cc2cc(C3OC(COC(=O)C(C)(C)C)C(O)C(O)C3O)ccc2Cl)cc1. The lowest BCUT2D eigenvalue weighted by Crippen LogP contribution is -2.55. The van der Waals surface area contributed by atoms with E-state index >= 15 is 0 Å². The zero-order chi connectivity index (χ0) is 25.0. The van der Waals surface area contributed by atoms with Crippen LogP contribution in [-0.4, -0.2) is 58.9 Å². The van der Waals surface area contributed by atoms with Crippen molar-refractivity contribution in [1.29, 1.82) is 0 Å². The first kappa shape index (κ1) is 26.4. The van der Waals surface area contributed by atoms with Gasteiger partial charge in [-0.1, -0.05) is 35.9 Å². The Kier molecular flexibility index (Phi) is 8.60. The highest BCUT2D eigenvalue weighted by atomic mass is 35.5. The van der Waals surface area contributed by atoms with Crippen LogP contribution in [0.2, 0.25) is 5.02 Å². The van der Waals surface area contributed by atoms with E-state index in [0.717, 1.165) is 16.9 Å². The van der Waals surface area contributed by atoms with Gasteiger partial charge in [0.2, 0.25) is 0 Å². The van der Waals surface area contributed by atoms with E-state index in [2.05, 4.69) is 0 Å². The number of halogens is 1. The lowest BCUT2D eigenvalue weighted by Gasteiger charge is -2.41. The number of carbonyl (C=O) groups is 1. The van der Waals surface area contributed by atoms with Crippen molar-refractivity contribution in [2.75, 3.05) is 13.2 Å². The van der Waals surface area contributed by atoms with Crippen LogP contribution in [0.15, 0.2) is 42.5 Å². The Labute approximate surface area is 205 Å². The standard InChI is InChI=1S/C26H33ClO7/c1-5-32-18-9-6-15(7-10-18)12-17-13-16(8-11-19(17)27)24-23(30)22(29)21(28)20(34-24)14-33-25(31)26(2,3)4/h6-11,13,20-24,28-30H,5,12,14H2,1-4H3. The Morgan fingerprint density at radius 2 is 1.71 bits per heavy atom. The number of hydrogen-bond acceptors (Lipinski definition) is 7. The third-order valence-electron chi connectivity index (χ3n) is 5.73. The largest absolute Gasteiger partial charge is 0.494 e. The van der Waals surface area contributed by atoms with Crippen molar-refractivity contribution in [3.63, 3.8) is 0 Å². The Hall–Kier alpha value is -2.16. The molecule has 1 heterocycles. The summed E-state index contributed by atoms with van der Waals surface area (Å²) in [6.07, 6.45) is -5.64. The van der Waals surface area contributed by atoms with E-state index in [4.69, 9.17) is 25.8 Å². The summed E-state index contributed by atoms with van der Waals surface area (Å²) in [6.45, 7) is 7.42. The molecule has 0 radical (unpaired) electrons. The van der Waals surface area contributed by atoms with Crippen molar-refractivity contribution in [2.45, 2.75) is 64.6 Å². The lowest BCUT2D eigenvalue weighted by molar-refractivity contribution is -0.235. The zero-order valence-electron chi connectivity index (χ0n) is 19.9. The molecule has 3 N–H and O–H groups in total. The molecule has 0 aliphatic carbocycles. The first-order chi connectivity index (χ1) is 16.0. The number of esters is 1. The summed E-state index contributed by atoms with van der Waals surface area (Å²) in [6, 6.07) is 12.9. The summed E-state index contributed by atoms with van der Waals surface area (Å²) in [5.74, 6) is 0.333. The third-order valence-corrected chi connectivity index (χ3v) is 6.10. The minimum atomic E-state index is -1.47. The number of carbonyl (C=O) groups excluding carboxylic acids is 1. The van der Waals surface area contributed by atoms with Crippen LogP contribution < -0.4 is 4.74 Å². The summed E-state index contributed by atoms with van der Waals surface area (Å²) in [5.41, 5.74) is 1.71. The Balaban J connectivity index is 1.78. The highest BCUT2D eigenvalue weighted by Crippen LogP contribution is 2.35. The van der Waals surface area contributed by atoms with Crippen molar-refractivity contribution in [1.82, 2.24) is 0 Å². The molecule has 2 aromatic carbocycles. The van der Waals surface area contributed by atoms with Gasteiger partial charge in [-0.15, -0.1) is 0 Å². The zero-order valence-corrected chi connectivity index (χ0v) is 20.7. The molecule has 1 fully saturated rings. The maximum atomic E-state index is 12.1. The van der Waals surface area contributed by atoms with E-state index in [1.165, 1.54) is 0 Å². The second-order valence-electron chi connectivity index (χ2n) is 9.52. The van der Waals surface area contributed by atoms with Gasteiger partial charge in [-0.05, 0) is 69.0 Å². The molecule has 34 heavy (non-hydrogen) atoms. The van der Waals surface area contributed by atoms with Gasteiger partial charge in [0.05, 0.1) is 12.0 Å². The molecule has 0 aromatic heterocycles. The molecule has 0 saturated carbocycles. The van der Waals surface area contributed by atoms with Gasteiger partial charge in [-0.25, -0.2) is 0 Å². The normalized spacial score (nSPS) is 25.1. The predicted molar refractivity (Wildman–Crippen MR) is 128 cm³/mol. The fraction of sp³-hybridized carbons (Fsp3) is 0.500. The van der Waals surface area contributed by atoms with E-state index in [9.17, 15) is 20.1 Å². The second-order valence-corrected chi connectivity index (χ2v) is 9.93. The van der Waals surface area contributed by atoms with Crippen molar-refractivity contribution in [3.8, 4) is 5.75 Å². The Bertz CT molecular complexity index is 970. The summed E-state index contributed by atoms with van der Waals surface area (Å²) in [5, 5.41) is 32.0. The van der Waals surface area contributed by atoms with E-state index in [1.54, 1.807) is 32.9 Å². The van der Waals surface area contributed by atoms with E-state index in [-0.39, 0.29) is 6.61 Å². The maximum Gasteiger partial charge on any atom is 0.311 e. The quantitative estimate of drug-likeness (QED) is 0.508. The first-order valence-corrected chi connectivity index (χ1v) is 11.8. The van der Waals surface area contributed by atoms with Crippen LogP contribution in [0.5, 0.6) is 5.75 Å². The average molecular weight is 493 g/mol. The molecule has 1 aliphatic heterocycles. The van der Waals surface area contributed by atoms with Crippen LogP contribution in [0.1, 0.15) is 50.5 Å². The van der Waals surface area contributed by atoms with Gasteiger partial charge < -0.3 is 29.5 Å². The van der Waals surface area contributed by atoms with Gasteiger partial charge in [0.15, 0.2) is 0 Å². The number of rotatable bonds is 7. The maximum absolute atomic E-state index is 12.1. The van der Waals surface area contributed by atoms with Gasteiger partial charge in [-0.3, -0.25) is 4.79 Å². The van der Waals surface area contributed by atoms with Crippen molar-refractivity contribution in [3.05, 3.63) is 64.2 Å². The van der Waals surface area contributed by atoms with Crippen LogP contribution in [-0.2, 0) is 20.7 Å².